The van der Waals surface area contributed by atoms with Crippen LogP contribution < -0.4 is 0 Å². The Bertz CT molecular complexity index is 992. The highest BCUT2D eigenvalue weighted by Crippen LogP contribution is 2.54. The molecule has 6 heteroatoms. The summed E-state index contributed by atoms with van der Waals surface area (Å²) < 4.78 is 12.6. The number of hydrogen-bond donors (Lipinski definition) is 3. The van der Waals surface area contributed by atoms with Crippen LogP contribution in [-0.4, -0.2) is 46.0 Å². The van der Waals surface area contributed by atoms with E-state index in [4.69, 9.17) is 9.15 Å². The van der Waals surface area contributed by atoms with Gasteiger partial charge >= 0.3 is 0 Å². The number of aryl methyl sites for hydroxylation is 1. The minimum Gasteiger partial charge on any atom is -0.456 e. The molecule has 0 aliphatic carbocycles. The maximum atomic E-state index is 11.0. The lowest BCUT2D eigenvalue weighted by Crippen LogP contribution is -2.54. The van der Waals surface area contributed by atoms with Crippen molar-refractivity contribution in [2.24, 2.45) is 0 Å². The van der Waals surface area contributed by atoms with E-state index in [2.05, 4.69) is 37.8 Å². The number of allylic oxidation sites excluding steroid dienone is 2. The van der Waals surface area contributed by atoms with Crippen LogP contribution in [0.15, 0.2) is 41.3 Å². The van der Waals surface area contributed by atoms with Crippen LogP contribution in [0.1, 0.15) is 54.0 Å². The Hall–Kier alpha value is -1.83. The lowest BCUT2D eigenvalue weighted by Gasteiger charge is -2.46. The molecule has 3 heterocycles. The van der Waals surface area contributed by atoms with Gasteiger partial charge in [0.1, 0.15) is 11.9 Å². The maximum absolute atomic E-state index is 11.0. The highest BCUT2D eigenvalue weighted by atomic mass is 32.2. The van der Waals surface area contributed by atoms with Gasteiger partial charge in [-0.15, -0.1) is 11.8 Å². The summed E-state index contributed by atoms with van der Waals surface area (Å²) in [7, 11) is 0. The Balaban J connectivity index is 1.76. The highest BCUT2D eigenvalue weighted by molar-refractivity contribution is 8.00. The van der Waals surface area contributed by atoms with Crippen LogP contribution in [0.3, 0.4) is 0 Å². The van der Waals surface area contributed by atoms with Gasteiger partial charge in [0.15, 0.2) is 5.76 Å². The fourth-order valence-electron chi connectivity index (χ4n) is 4.69. The first kappa shape index (κ1) is 23.3. The normalized spacial score (nSPS) is 28.0. The number of ether oxygens (including phenoxy) is 1. The topological polar surface area (TPSA) is 83.1 Å². The second-order valence-electron chi connectivity index (χ2n) is 8.45. The molecule has 0 bridgehead atoms. The SMILES string of the molecule is C=Cc1c(/C(=C\C)Cc2ccc(CC)cc2)oc2c1CCO[C@]21S[C@H](CO)CC(O)[C@H]1O. The van der Waals surface area contributed by atoms with Crippen LogP contribution in [0.5, 0.6) is 0 Å². The monoisotopic (exact) mass is 456 g/mol. The second-order valence-corrected chi connectivity index (χ2v) is 9.96. The van der Waals surface area contributed by atoms with Crippen molar-refractivity contribution in [2.45, 2.75) is 61.9 Å². The van der Waals surface area contributed by atoms with E-state index in [1.54, 1.807) is 6.08 Å². The maximum Gasteiger partial charge on any atom is 0.200 e. The molecule has 0 radical (unpaired) electrons. The molecule has 32 heavy (non-hydrogen) atoms. The average molecular weight is 457 g/mol. The summed E-state index contributed by atoms with van der Waals surface area (Å²) in [5, 5.41) is 31.0. The summed E-state index contributed by atoms with van der Waals surface area (Å²) >= 11 is 1.34. The third kappa shape index (κ3) is 3.99. The van der Waals surface area contributed by atoms with Gasteiger partial charge in [-0.3, -0.25) is 0 Å². The van der Waals surface area contributed by atoms with Gasteiger partial charge < -0.3 is 24.5 Å². The third-order valence-corrected chi connectivity index (χ3v) is 8.08. The predicted molar refractivity (Wildman–Crippen MR) is 128 cm³/mol. The Morgan fingerprint density at radius 1 is 1.25 bits per heavy atom. The number of thioether (sulfide) groups is 1. The summed E-state index contributed by atoms with van der Waals surface area (Å²) in [5.74, 6) is 1.26. The van der Waals surface area contributed by atoms with Gasteiger partial charge in [-0.2, -0.15) is 0 Å². The summed E-state index contributed by atoms with van der Waals surface area (Å²) in [6.07, 6.45) is 4.36. The number of hydrogen-bond acceptors (Lipinski definition) is 6. The quantitative estimate of drug-likeness (QED) is 0.608. The molecular weight excluding hydrogens is 424 g/mol. The number of rotatable bonds is 6. The fraction of sp³-hybridized carbons (Fsp3) is 0.462. The van der Waals surface area contributed by atoms with Crippen molar-refractivity contribution in [3.05, 3.63) is 70.7 Å². The van der Waals surface area contributed by atoms with Crippen molar-refractivity contribution in [1.29, 1.82) is 0 Å². The van der Waals surface area contributed by atoms with Gasteiger partial charge in [-0.25, -0.2) is 0 Å². The van der Waals surface area contributed by atoms with E-state index < -0.39 is 17.1 Å². The number of aliphatic hydroxyl groups is 3. The molecule has 0 amide bonds. The van der Waals surface area contributed by atoms with Crippen LogP contribution >= 0.6 is 11.8 Å². The summed E-state index contributed by atoms with van der Waals surface area (Å²) in [5.41, 5.74) is 5.39. The number of aliphatic hydroxyl groups excluding tert-OH is 3. The predicted octanol–water partition coefficient (Wildman–Crippen LogP) is 4.08. The van der Waals surface area contributed by atoms with Crippen molar-refractivity contribution < 1.29 is 24.5 Å². The molecule has 1 aromatic carbocycles. The lowest BCUT2D eigenvalue weighted by atomic mass is 9.92. The van der Waals surface area contributed by atoms with Crippen molar-refractivity contribution in [2.75, 3.05) is 13.2 Å². The molecule has 2 aliphatic rings. The van der Waals surface area contributed by atoms with Crippen LogP contribution in [0.2, 0.25) is 0 Å². The molecule has 1 spiro atoms. The third-order valence-electron chi connectivity index (χ3n) is 6.51. The molecule has 2 aliphatic heterocycles. The highest BCUT2D eigenvalue weighted by Gasteiger charge is 2.56. The first-order chi connectivity index (χ1) is 15.5. The smallest absolute Gasteiger partial charge is 0.200 e. The molecular formula is C26H32O5S. The summed E-state index contributed by atoms with van der Waals surface area (Å²) in [6.45, 7) is 8.45. The minimum absolute atomic E-state index is 0.107. The van der Waals surface area contributed by atoms with Gasteiger partial charge in [0.05, 0.1) is 19.3 Å². The van der Waals surface area contributed by atoms with Crippen molar-refractivity contribution >= 4 is 23.4 Å². The van der Waals surface area contributed by atoms with E-state index >= 15 is 0 Å². The summed E-state index contributed by atoms with van der Waals surface area (Å²) in [4.78, 5) is -1.24. The molecule has 1 fully saturated rings. The molecule has 1 unspecified atom stereocenters. The zero-order chi connectivity index (χ0) is 22.9. The Kier molecular flexibility index (Phi) is 6.98. The van der Waals surface area contributed by atoms with E-state index in [9.17, 15) is 15.3 Å². The molecule has 1 aromatic heterocycles. The fourth-order valence-corrected chi connectivity index (χ4v) is 6.28. The Morgan fingerprint density at radius 2 is 1.97 bits per heavy atom. The van der Waals surface area contributed by atoms with Crippen LogP contribution in [0.25, 0.3) is 11.6 Å². The largest absolute Gasteiger partial charge is 0.456 e. The molecule has 4 rings (SSSR count). The molecule has 3 N–H and O–H groups in total. The lowest BCUT2D eigenvalue weighted by molar-refractivity contribution is -0.135. The second kappa shape index (κ2) is 9.57. The first-order valence-electron chi connectivity index (χ1n) is 11.3. The van der Waals surface area contributed by atoms with Crippen LogP contribution in [0.4, 0.5) is 0 Å². The minimum atomic E-state index is -1.24. The van der Waals surface area contributed by atoms with Crippen LogP contribution in [-0.2, 0) is 28.9 Å². The molecule has 5 nitrogen and oxygen atoms in total. The molecule has 0 saturated carbocycles. The standard InChI is InChI=1S/C26H32O5S/c1-4-16-7-9-17(10-8-16)13-18(5-2)23-20(6-3)21-11-12-30-26(25(21)31-23)24(29)22(28)14-19(15-27)32-26/h5-10,19,22,24,27-29H,3-4,11-15H2,1-2H3/b18-5-/t19-,22?,24+,26+/m0/s1. The molecule has 2 aromatic rings. The number of benzene rings is 1. The number of fused-ring (bicyclic) bond motifs is 2. The van der Waals surface area contributed by atoms with E-state index in [0.717, 1.165) is 28.9 Å². The molecule has 4 atom stereocenters. The Labute approximate surface area is 193 Å². The van der Waals surface area contributed by atoms with E-state index in [-0.39, 0.29) is 11.9 Å². The van der Waals surface area contributed by atoms with Crippen LogP contribution in [0, 0.1) is 0 Å². The van der Waals surface area contributed by atoms with E-state index in [0.29, 0.717) is 31.6 Å². The van der Waals surface area contributed by atoms with Gasteiger partial charge in [0.2, 0.25) is 4.93 Å². The first-order valence-corrected chi connectivity index (χ1v) is 12.2. The Morgan fingerprint density at radius 3 is 2.59 bits per heavy atom. The molecule has 1 saturated heterocycles. The van der Waals surface area contributed by atoms with Crippen molar-refractivity contribution in [1.82, 2.24) is 0 Å². The zero-order valence-corrected chi connectivity index (χ0v) is 19.5. The van der Waals surface area contributed by atoms with E-state index in [1.165, 1.54) is 22.9 Å². The van der Waals surface area contributed by atoms with Gasteiger partial charge in [0, 0.05) is 29.2 Å². The van der Waals surface area contributed by atoms with Gasteiger partial charge in [-0.1, -0.05) is 49.9 Å². The van der Waals surface area contributed by atoms with Gasteiger partial charge in [0.25, 0.3) is 0 Å². The molecule has 172 valence electrons. The average Bonchev–Trinajstić information content (AvgIpc) is 3.20. The number of furan rings is 1. The van der Waals surface area contributed by atoms with Gasteiger partial charge in [-0.05, 0) is 36.5 Å². The summed E-state index contributed by atoms with van der Waals surface area (Å²) in [6, 6.07) is 8.59. The van der Waals surface area contributed by atoms with Crippen molar-refractivity contribution in [3.63, 3.8) is 0 Å². The van der Waals surface area contributed by atoms with Crippen molar-refractivity contribution in [3.8, 4) is 0 Å². The zero-order valence-electron chi connectivity index (χ0n) is 18.7. The van der Waals surface area contributed by atoms with E-state index in [1.807, 2.05) is 13.0 Å².